The number of H-pyrrole nitrogens is 1. The van der Waals surface area contributed by atoms with Crippen molar-refractivity contribution in [3.8, 4) is 0 Å². The zero-order chi connectivity index (χ0) is 9.14. The van der Waals surface area contributed by atoms with Crippen molar-refractivity contribution < 1.29 is 9.90 Å². The molecule has 0 spiro atoms. The van der Waals surface area contributed by atoms with Crippen LogP contribution in [-0.4, -0.2) is 32.5 Å². The van der Waals surface area contributed by atoms with Gasteiger partial charge in [-0.05, 0) is 6.26 Å². The van der Waals surface area contributed by atoms with Crippen molar-refractivity contribution in [3.05, 3.63) is 16.0 Å². The van der Waals surface area contributed by atoms with Gasteiger partial charge in [0, 0.05) is 0 Å². The van der Waals surface area contributed by atoms with Gasteiger partial charge in [0.2, 0.25) is 10.9 Å². The zero-order valence-electron chi connectivity index (χ0n) is 6.07. The molecular weight excluding hydrogens is 182 g/mol. The number of nitrogens with one attached hydrogen (secondary N) is 1. The van der Waals surface area contributed by atoms with Crippen LogP contribution in [0.2, 0.25) is 0 Å². The maximum Gasteiger partial charge on any atom is 0.360 e. The molecule has 7 heteroatoms. The lowest BCUT2D eigenvalue weighted by Gasteiger charge is -1.94. The molecule has 0 atom stereocenters. The fraction of sp³-hybridized carbons (Fsp3) is 0.200. The van der Waals surface area contributed by atoms with Crippen molar-refractivity contribution in [2.45, 2.75) is 5.16 Å². The molecule has 0 fully saturated rings. The SMILES string of the molecule is CSc1n[nH]c(=O)c(C(=O)O)n1. The molecule has 0 bridgehead atoms. The Hall–Kier alpha value is -1.37. The van der Waals surface area contributed by atoms with E-state index in [1.165, 1.54) is 0 Å². The minimum Gasteiger partial charge on any atom is -0.476 e. The first kappa shape index (κ1) is 8.72. The van der Waals surface area contributed by atoms with Crippen molar-refractivity contribution in [1.82, 2.24) is 15.2 Å². The van der Waals surface area contributed by atoms with Crippen molar-refractivity contribution in [2.24, 2.45) is 0 Å². The molecule has 1 aromatic rings. The molecule has 2 N–H and O–H groups in total. The van der Waals surface area contributed by atoms with Crippen molar-refractivity contribution in [2.75, 3.05) is 6.26 Å². The van der Waals surface area contributed by atoms with Gasteiger partial charge in [-0.15, -0.1) is 5.10 Å². The monoisotopic (exact) mass is 187 g/mol. The van der Waals surface area contributed by atoms with E-state index in [4.69, 9.17) is 5.11 Å². The third-order valence-electron chi connectivity index (χ3n) is 1.06. The second-order valence-corrected chi connectivity index (χ2v) is 2.58. The molecular formula is C5H5N3O3S. The van der Waals surface area contributed by atoms with E-state index in [0.29, 0.717) is 0 Å². The number of aromatic carboxylic acids is 1. The summed E-state index contributed by atoms with van der Waals surface area (Å²) >= 11 is 1.15. The van der Waals surface area contributed by atoms with E-state index in [9.17, 15) is 9.59 Å². The van der Waals surface area contributed by atoms with Crippen LogP contribution in [0.1, 0.15) is 10.5 Å². The normalized spacial score (nSPS) is 9.75. The third kappa shape index (κ3) is 1.62. The van der Waals surface area contributed by atoms with Gasteiger partial charge in [-0.25, -0.2) is 14.9 Å². The van der Waals surface area contributed by atoms with Gasteiger partial charge in [0.05, 0.1) is 0 Å². The number of aromatic amines is 1. The first-order valence-electron chi connectivity index (χ1n) is 2.89. The first-order chi connectivity index (χ1) is 5.65. The third-order valence-corrected chi connectivity index (χ3v) is 1.61. The van der Waals surface area contributed by atoms with Crippen LogP contribution in [0.15, 0.2) is 9.95 Å². The second kappa shape index (κ2) is 3.35. The smallest absolute Gasteiger partial charge is 0.360 e. The number of nitrogens with zero attached hydrogens (tertiary/aromatic N) is 2. The Labute approximate surface area is 71.0 Å². The zero-order valence-corrected chi connectivity index (χ0v) is 6.88. The Bertz CT molecular complexity index is 361. The number of thioether (sulfide) groups is 1. The predicted molar refractivity (Wildman–Crippen MR) is 41.4 cm³/mol. The van der Waals surface area contributed by atoms with Crippen LogP contribution in [0.4, 0.5) is 0 Å². The second-order valence-electron chi connectivity index (χ2n) is 1.80. The van der Waals surface area contributed by atoms with Crippen molar-refractivity contribution >= 4 is 17.7 Å². The van der Waals surface area contributed by atoms with Crippen LogP contribution in [0.3, 0.4) is 0 Å². The summed E-state index contributed by atoms with van der Waals surface area (Å²) in [4.78, 5) is 24.6. The van der Waals surface area contributed by atoms with Crippen LogP contribution in [0, 0.1) is 0 Å². The van der Waals surface area contributed by atoms with Crippen LogP contribution >= 0.6 is 11.8 Å². The Balaban J connectivity index is 3.26. The fourth-order valence-electron chi connectivity index (χ4n) is 0.559. The molecule has 0 amide bonds. The summed E-state index contributed by atoms with van der Waals surface area (Å²) in [6.07, 6.45) is 1.68. The highest BCUT2D eigenvalue weighted by Crippen LogP contribution is 2.03. The van der Waals surface area contributed by atoms with Crippen LogP contribution in [0.25, 0.3) is 0 Å². The summed E-state index contributed by atoms with van der Waals surface area (Å²) in [5, 5.41) is 14.2. The molecule has 1 rings (SSSR count). The van der Waals surface area contributed by atoms with Gasteiger partial charge in [0.1, 0.15) is 0 Å². The van der Waals surface area contributed by atoms with Gasteiger partial charge in [0.15, 0.2) is 0 Å². The molecule has 1 aromatic heterocycles. The van der Waals surface area contributed by atoms with Gasteiger partial charge in [0.25, 0.3) is 5.56 Å². The van der Waals surface area contributed by atoms with E-state index < -0.39 is 17.2 Å². The molecule has 0 unspecified atom stereocenters. The largest absolute Gasteiger partial charge is 0.476 e. The Morgan fingerprint density at radius 1 is 1.67 bits per heavy atom. The lowest BCUT2D eigenvalue weighted by molar-refractivity contribution is 0.0686. The number of rotatable bonds is 2. The fourth-order valence-corrected chi connectivity index (χ4v) is 0.879. The van der Waals surface area contributed by atoms with Crippen molar-refractivity contribution in [3.63, 3.8) is 0 Å². The van der Waals surface area contributed by atoms with E-state index >= 15 is 0 Å². The highest BCUT2D eigenvalue weighted by molar-refractivity contribution is 7.98. The average Bonchev–Trinajstić information content (AvgIpc) is 2.05. The summed E-state index contributed by atoms with van der Waals surface area (Å²) < 4.78 is 0. The van der Waals surface area contributed by atoms with E-state index in [1.807, 2.05) is 5.10 Å². The van der Waals surface area contributed by atoms with E-state index in [2.05, 4.69) is 10.1 Å². The topological polar surface area (TPSA) is 95.9 Å². The molecule has 0 aromatic carbocycles. The van der Waals surface area contributed by atoms with Crippen LogP contribution in [-0.2, 0) is 0 Å². The first-order valence-corrected chi connectivity index (χ1v) is 4.11. The molecule has 12 heavy (non-hydrogen) atoms. The number of carbonyl (C=O) groups is 1. The van der Waals surface area contributed by atoms with Gasteiger partial charge in [-0.2, -0.15) is 0 Å². The maximum atomic E-state index is 10.8. The highest BCUT2D eigenvalue weighted by Gasteiger charge is 2.11. The minimum atomic E-state index is -1.35. The standard InChI is InChI=1S/C5H5N3O3S/c1-12-5-6-2(4(10)11)3(9)7-8-5/h1H3,(H,7,9)(H,10,11). The summed E-state index contributed by atoms with van der Waals surface area (Å²) in [7, 11) is 0. The Morgan fingerprint density at radius 2 is 2.33 bits per heavy atom. The number of hydrogen-bond donors (Lipinski definition) is 2. The number of carboxylic acid groups (broad SMARTS) is 1. The lowest BCUT2D eigenvalue weighted by Crippen LogP contribution is -2.21. The van der Waals surface area contributed by atoms with Gasteiger partial charge in [-0.3, -0.25) is 4.79 Å². The predicted octanol–water partition coefficient (Wildman–Crippen LogP) is -0.415. The number of hydrogen-bond acceptors (Lipinski definition) is 5. The van der Waals surface area contributed by atoms with Crippen molar-refractivity contribution in [1.29, 1.82) is 0 Å². The average molecular weight is 187 g/mol. The van der Waals surface area contributed by atoms with Gasteiger partial charge in [-0.1, -0.05) is 11.8 Å². The van der Waals surface area contributed by atoms with E-state index in [0.717, 1.165) is 11.8 Å². The maximum absolute atomic E-state index is 10.8. The van der Waals surface area contributed by atoms with E-state index in [1.54, 1.807) is 6.26 Å². The van der Waals surface area contributed by atoms with Gasteiger partial charge >= 0.3 is 5.97 Å². The Morgan fingerprint density at radius 3 is 2.83 bits per heavy atom. The number of carboxylic acids is 1. The molecule has 6 nitrogen and oxygen atoms in total. The molecule has 0 saturated carbocycles. The number of aromatic nitrogens is 3. The molecule has 0 saturated heterocycles. The quantitative estimate of drug-likeness (QED) is 0.611. The molecule has 0 aliphatic heterocycles. The molecule has 0 aliphatic carbocycles. The summed E-state index contributed by atoms with van der Waals surface area (Å²) in [6.45, 7) is 0. The van der Waals surface area contributed by atoms with Gasteiger partial charge < -0.3 is 5.11 Å². The summed E-state index contributed by atoms with van der Waals surface area (Å²) in [5.74, 6) is -1.35. The summed E-state index contributed by atoms with van der Waals surface area (Å²) in [5.41, 5.74) is -1.32. The lowest BCUT2D eigenvalue weighted by atomic mass is 10.5. The van der Waals surface area contributed by atoms with Crippen LogP contribution < -0.4 is 5.56 Å². The summed E-state index contributed by atoms with van der Waals surface area (Å²) in [6, 6.07) is 0. The van der Waals surface area contributed by atoms with E-state index in [-0.39, 0.29) is 5.16 Å². The highest BCUT2D eigenvalue weighted by atomic mass is 32.2. The molecule has 0 aliphatic rings. The van der Waals surface area contributed by atoms with Crippen LogP contribution in [0.5, 0.6) is 0 Å². The molecule has 1 heterocycles. The molecule has 0 radical (unpaired) electrons. The Kier molecular flexibility index (Phi) is 2.44. The minimum absolute atomic E-state index is 0.229. The molecule has 64 valence electrons.